The molecule has 2 aliphatic carbocycles. The molecule has 1 amide bonds. The van der Waals surface area contributed by atoms with Gasteiger partial charge in [-0.2, -0.15) is 0 Å². The maximum atomic E-state index is 11.8. The highest BCUT2D eigenvalue weighted by atomic mass is 16.5. The van der Waals surface area contributed by atoms with Gasteiger partial charge in [0.15, 0.2) is 0 Å². The van der Waals surface area contributed by atoms with Gasteiger partial charge >= 0.3 is 0 Å². The first-order chi connectivity index (χ1) is 7.67. The first kappa shape index (κ1) is 11.9. The van der Waals surface area contributed by atoms with E-state index < -0.39 is 6.10 Å². The molecule has 0 aromatic rings. The summed E-state index contributed by atoms with van der Waals surface area (Å²) in [5.74, 6) is -0.206. The van der Waals surface area contributed by atoms with Gasteiger partial charge in [0.1, 0.15) is 0 Å². The van der Waals surface area contributed by atoms with E-state index >= 15 is 0 Å². The van der Waals surface area contributed by atoms with E-state index in [1.54, 1.807) is 7.11 Å². The zero-order valence-corrected chi connectivity index (χ0v) is 9.87. The fourth-order valence-corrected chi connectivity index (χ4v) is 2.65. The van der Waals surface area contributed by atoms with Crippen molar-refractivity contribution in [2.24, 2.45) is 5.92 Å². The van der Waals surface area contributed by atoms with Crippen molar-refractivity contribution in [2.75, 3.05) is 13.7 Å². The largest absolute Gasteiger partial charge is 0.392 e. The van der Waals surface area contributed by atoms with Gasteiger partial charge in [0.25, 0.3) is 0 Å². The van der Waals surface area contributed by atoms with Crippen LogP contribution in [0, 0.1) is 5.92 Å². The van der Waals surface area contributed by atoms with Gasteiger partial charge in [-0.1, -0.05) is 0 Å². The number of ether oxygens (including phenoxy) is 1. The second kappa shape index (κ2) is 4.72. The van der Waals surface area contributed by atoms with Gasteiger partial charge in [-0.15, -0.1) is 0 Å². The highest BCUT2D eigenvalue weighted by Crippen LogP contribution is 2.34. The predicted octanol–water partition coefficient (Wildman–Crippen LogP) is 0.833. The molecule has 2 unspecified atom stereocenters. The van der Waals surface area contributed by atoms with Crippen molar-refractivity contribution in [2.45, 2.75) is 50.2 Å². The summed E-state index contributed by atoms with van der Waals surface area (Å²) < 4.78 is 5.44. The average Bonchev–Trinajstić information content (AvgIpc) is 2.63. The summed E-state index contributed by atoms with van der Waals surface area (Å²) in [5, 5.41) is 12.5. The minimum Gasteiger partial charge on any atom is -0.392 e. The van der Waals surface area contributed by atoms with Crippen LogP contribution in [0.4, 0.5) is 0 Å². The zero-order chi connectivity index (χ0) is 11.6. The lowest BCUT2D eigenvalue weighted by atomic mass is 9.80. The van der Waals surface area contributed by atoms with E-state index in [-0.39, 0.29) is 17.4 Å². The summed E-state index contributed by atoms with van der Waals surface area (Å²) in [6, 6.07) is 0. The summed E-state index contributed by atoms with van der Waals surface area (Å²) in [6.07, 6.45) is 5.30. The normalized spacial score (nSPS) is 32.1. The van der Waals surface area contributed by atoms with Crippen LogP contribution in [0.2, 0.25) is 0 Å². The molecule has 2 atom stereocenters. The van der Waals surface area contributed by atoms with Gasteiger partial charge in [0.2, 0.25) is 5.91 Å². The zero-order valence-electron chi connectivity index (χ0n) is 9.87. The first-order valence-electron chi connectivity index (χ1n) is 6.18. The number of rotatable bonds is 4. The van der Waals surface area contributed by atoms with Crippen molar-refractivity contribution < 1.29 is 14.6 Å². The molecule has 16 heavy (non-hydrogen) atoms. The molecule has 2 aliphatic rings. The number of amides is 1. The molecule has 4 nitrogen and oxygen atoms in total. The van der Waals surface area contributed by atoms with E-state index in [9.17, 15) is 9.90 Å². The molecule has 0 spiro atoms. The number of carbonyl (C=O) groups is 1. The molecule has 0 heterocycles. The third-order valence-corrected chi connectivity index (χ3v) is 4.10. The molecule has 0 aliphatic heterocycles. The van der Waals surface area contributed by atoms with E-state index in [4.69, 9.17) is 4.74 Å². The molecule has 0 aromatic carbocycles. The highest BCUT2D eigenvalue weighted by molar-refractivity contribution is 5.79. The summed E-state index contributed by atoms with van der Waals surface area (Å²) >= 11 is 0. The fourth-order valence-electron chi connectivity index (χ4n) is 2.65. The van der Waals surface area contributed by atoms with Crippen LogP contribution in [-0.4, -0.2) is 36.4 Å². The molecule has 2 saturated carbocycles. The van der Waals surface area contributed by atoms with Crippen LogP contribution >= 0.6 is 0 Å². The van der Waals surface area contributed by atoms with Gasteiger partial charge in [-0.25, -0.2) is 0 Å². The first-order valence-corrected chi connectivity index (χ1v) is 6.18. The minimum absolute atomic E-state index is 0.00618. The molecule has 0 saturated heterocycles. The lowest BCUT2D eigenvalue weighted by molar-refractivity contribution is -0.131. The summed E-state index contributed by atoms with van der Waals surface area (Å²) in [5.41, 5.74) is -0.126. The number of hydrogen-bond donors (Lipinski definition) is 2. The van der Waals surface area contributed by atoms with Gasteiger partial charge in [0, 0.05) is 13.7 Å². The maximum Gasteiger partial charge on any atom is 0.225 e. The quantitative estimate of drug-likeness (QED) is 0.748. The number of nitrogens with one attached hydrogen (secondary N) is 1. The van der Waals surface area contributed by atoms with Crippen molar-refractivity contribution >= 4 is 5.91 Å². The third kappa shape index (κ3) is 2.23. The fraction of sp³-hybridized carbons (Fsp3) is 0.917. The molecule has 92 valence electrons. The van der Waals surface area contributed by atoms with Crippen molar-refractivity contribution in [3.8, 4) is 0 Å². The maximum absolute atomic E-state index is 11.8. The number of aliphatic hydroxyl groups excluding tert-OH is 1. The Hall–Kier alpha value is -0.610. The Morgan fingerprint density at radius 3 is 2.62 bits per heavy atom. The van der Waals surface area contributed by atoms with Crippen molar-refractivity contribution in [1.82, 2.24) is 5.32 Å². The van der Waals surface area contributed by atoms with Gasteiger partial charge < -0.3 is 15.2 Å². The van der Waals surface area contributed by atoms with Crippen LogP contribution in [0.3, 0.4) is 0 Å². The summed E-state index contributed by atoms with van der Waals surface area (Å²) in [6.45, 7) is 0.589. The average molecular weight is 227 g/mol. The van der Waals surface area contributed by atoms with Crippen LogP contribution in [0.5, 0.6) is 0 Å². The van der Waals surface area contributed by atoms with Gasteiger partial charge in [-0.3, -0.25) is 4.79 Å². The monoisotopic (exact) mass is 227 g/mol. The number of aliphatic hydroxyl groups is 1. The van der Waals surface area contributed by atoms with Crippen molar-refractivity contribution in [1.29, 1.82) is 0 Å². The van der Waals surface area contributed by atoms with E-state index in [1.165, 1.54) is 6.42 Å². The van der Waals surface area contributed by atoms with E-state index in [2.05, 4.69) is 5.32 Å². The number of carbonyl (C=O) groups excluding carboxylic acids is 1. The second-order valence-electron chi connectivity index (χ2n) is 5.06. The summed E-state index contributed by atoms with van der Waals surface area (Å²) in [4.78, 5) is 11.8. The Morgan fingerprint density at radius 2 is 2.19 bits per heavy atom. The van der Waals surface area contributed by atoms with Crippen LogP contribution in [0.1, 0.15) is 38.5 Å². The summed E-state index contributed by atoms with van der Waals surface area (Å²) in [7, 11) is 1.70. The van der Waals surface area contributed by atoms with E-state index in [0.717, 1.165) is 32.1 Å². The van der Waals surface area contributed by atoms with Gasteiger partial charge in [-0.05, 0) is 38.5 Å². The van der Waals surface area contributed by atoms with Crippen LogP contribution in [0.25, 0.3) is 0 Å². The lowest BCUT2D eigenvalue weighted by Gasteiger charge is -2.40. The molecule has 4 heteroatoms. The second-order valence-corrected chi connectivity index (χ2v) is 5.06. The SMILES string of the molecule is COC1(CNC(=O)C2CCCC2O)CCC1. The molecule has 0 bridgehead atoms. The Balaban J connectivity index is 1.79. The van der Waals surface area contributed by atoms with Crippen LogP contribution in [-0.2, 0) is 9.53 Å². The molecule has 2 fully saturated rings. The van der Waals surface area contributed by atoms with Gasteiger partial charge in [0.05, 0.1) is 17.6 Å². The molecular weight excluding hydrogens is 206 g/mol. The Labute approximate surface area is 96.4 Å². The third-order valence-electron chi connectivity index (χ3n) is 4.10. The van der Waals surface area contributed by atoms with Crippen LogP contribution < -0.4 is 5.32 Å². The highest BCUT2D eigenvalue weighted by Gasteiger charge is 2.38. The predicted molar refractivity (Wildman–Crippen MR) is 59.9 cm³/mol. The van der Waals surface area contributed by atoms with E-state index in [1.807, 2.05) is 0 Å². The molecule has 0 radical (unpaired) electrons. The Morgan fingerprint density at radius 1 is 1.44 bits per heavy atom. The molecule has 2 rings (SSSR count). The Kier molecular flexibility index (Phi) is 3.50. The molecule has 2 N–H and O–H groups in total. The molecule has 0 aromatic heterocycles. The minimum atomic E-state index is -0.445. The number of hydrogen-bond acceptors (Lipinski definition) is 3. The molecular formula is C12H21NO3. The smallest absolute Gasteiger partial charge is 0.225 e. The van der Waals surface area contributed by atoms with Crippen LogP contribution in [0.15, 0.2) is 0 Å². The lowest BCUT2D eigenvalue weighted by Crippen LogP contribution is -2.50. The number of methoxy groups -OCH3 is 1. The standard InChI is InChI=1S/C12H21NO3/c1-16-12(6-3-7-12)8-13-11(15)9-4-2-5-10(9)14/h9-10,14H,2-8H2,1H3,(H,13,15). The topological polar surface area (TPSA) is 58.6 Å². The van der Waals surface area contributed by atoms with Crippen molar-refractivity contribution in [3.63, 3.8) is 0 Å². The van der Waals surface area contributed by atoms with E-state index in [0.29, 0.717) is 6.54 Å². The van der Waals surface area contributed by atoms with Crippen molar-refractivity contribution in [3.05, 3.63) is 0 Å². The Bertz CT molecular complexity index is 257.